The third-order valence-corrected chi connectivity index (χ3v) is 1.91. The van der Waals surface area contributed by atoms with Crippen LogP contribution in [0.3, 0.4) is 0 Å². The highest BCUT2D eigenvalue weighted by Crippen LogP contribution is 2.04. The second-order valence-electron chi connectivity index (χ2n) is 3.85. The molecule has 19 heavy (non-hydrogen) atoms. The smallest absolute Gasteiger partial charge is 0.335 e. The van der Waals surface area contributed by atoms with Crippen molar-refractivity contribution in [3.63, 3.8) is 0 Å². The SMILES string of the molecule is CCC.O=C(CNCc1cccc(C(=O)O)c1)NO. The van der Waals surface area contributed by atoms with E-state index in [2.05, 4.69) is 19.2 Å². The van der Waals surface area contributed by atoms with E-state index in [0.29, 0.717) is 6.54 Å². The summed E-state index contributed by atoms with van der Waals surface area (Å²) in [5, 5.41) is 19.7. The Kier molecular flexibility index (Phi) is 9.03. The Morgan fingerprint density at radius 1 is 1.26 bits per heavy atom. The minimum Gasteiger partial charge on any atom is -0.478 e. The summed E-state index contributed by atoms with van der Waals surface area (Å²) in [6.45, 7) is 4.57. The molecule has 0 fully saturated rings. The first-order valence-electron chi connectivity index (χ1n) is 6.01. The third-order valence-electron chi connectivity index (χ3n) is 1.91. The molecule has 0 aliphatic heterocycles. The van der Waals surface area contributed by atoms with Gasteiger partial charge < -0.3 is 10.4 Å². The number of rotatable bonds is 5. The van der Waals surface area contributed by atoms with E-state index in [1.165, 1.54) is 24.0 Å². The van der Waals surface area contributed by atoms with Gasteiger partial charge in [-0.3, -0.25) is 10.0 Å². The summed E-state index contributed by atoms with van der Waals surface area (Å²) in [5.41, 5.74) is 2.44. The maximum atomic E-state index is 10.7. The van der Waals surface area contributed by atoms with Gasteiger partial charge in [0.1, 0.15) is 0 Å². The first-order chi connectivity index (χ1) is 9.04. The summed E-state index contributed by atoms with van der Waals surface area (Å²) in [7, 11) is 0. The van der Waals surface area contributed by atoms with Crippen LogP contribution in [0.2, 0.25) is 0 Å². The first-order valence-corrected chi connectivity index (χ1v) is 6.01. The van der Waals surface area contributed by atoms with Gasteiger partial charge in [-0.25, -0.2) is 10.3 Å². The van der Waals surface area contributed by atoms with Crippen molar-refractivity contribution in [1.29, 1.82) is 0 Å². The summed E-state index contributed by atoms with van der Waals surface area (Å²) >= 11 is 0. The van der Waals surface area contributed by atoms with E-state index in [4.69, 9.17) is 10.3 Å². The van der Waals surface area contributed by atoms with Crippen molar-refractivity contribution in [1.82, 2.24) is 10.8 Å². The Hall–Kier alpha value is -1.92. The topological polar surface area (TPSA) is 98.7 Å². The van der Waals surface area contributed by atoms with Gasteiger partial charge in [-0.2, -0.15) is 0 Å². The van der Waals surface area contributed by atoms with Gasteiger partial charge >= 0.3 is 5.97 Å². The van der Waals surface area contributed by atoms with E-state index < -0.39 is 11.9 Å². The van der Waals surface area contributed by atoms with Gasteiger partial charge in [-0.15, -0.1) is 0 Å². The monoisotopic (exact) mass is 268 g/mol. The van der Waals surface area contributed by atoms with Gasteiger partial charge in [0.15, 0.2) is 0 Å². The average molecular weight is 268 g/mol. The highest BCUT2D eigenvalue weighted by Gasteiger charge is 2.03. The van der Waals surface area contributed by atoms with Crippen LogP contribution in [0.1, 0.15) is 36.2 Å². The number of carboxylic acids is 1. The predicted molar refractivity (Wildman–Crippen MR) is 71.0 cm³/mol. The van der Waals surface area contributed by atoms with E-state index in [9.17, 15) is 9.59 Å². The molecule has 6 heteroatoms. The molecule has 1 aromatic carbocycles. The van der Waals surface area contributed by atoms with Crippen LogP contribution >= 0.6 is 0 Å². The fraction of sp³-hybridized carbons (Fsp3) is 0.385. The van der Waals surface area contributed by atoms with Crippen LogP contribution in [0, 0.1) is 0 Å². The third kappa shape index (κ3) is 7.91. The minimum atomic E-state index is -0.991. The molecule has 0 aliphatic carbocycles. The van der Waals surface area contributed by atoms with Crippen LogP contribution < -0.4 is 10.8 Å². The van der Waals surface area contributed by atoms with Crippen molar-refractivity contribution in [3.8, 4) is 0 Å². The first kappa shape index (κ1) is 17.1. The van der Waals surface area contributed by atoms with Gasteiger partial charge in [0, 0.05) is 6.54 Å². The largest absolute Gasteiger partial charge is 0.478 e. The van der Waals surface area contributed by atoms with E-state index in [0.717, 1.165) is 5.56 Å². The summed E-state index contributed by atoms with van der Waals surface area (Å²) in [6.07, 6.45) is 1.25. The molecule has 0 unspecified atom stereocenters. The molecule has 0 radical (unpaired) electrons. The fourth-order valence-corrected chi connectivity index (χ4v) is 1.17. The highest BCUT2D eigenvalue weighted by atomic mass is 16.5. The summed E-state index contributed by atoms with van der Waals surface area (Å²) < 4.78 is 0. The van der Waals surface area contributed by atoms with Gasteiger partial charge in [0.2, 0.25) is 0 Å². The number of hydrogen-bond donors (Lipinski definition) is 4. The quantitative estimate of drug-likeness (QED) is 0.478. The Balaban J connectivity index is 0.000000982. The van der Waals surface area contributed by atoms with Gasteiger partial charge in [0.05, 0.1) is 12.1 Å². The molecule has 0 aromatic heterocycles. The zero-order valence-corrected chi connectivity index (χ0v) is 11.1. The number of benzene rings is 1. The number of carbonyl (C=O) groups excluding carboxylic acids is 1. The number of nitrogens with one attached hydrogen (secondary N) is 2. The van der Waals surface area contributed by atoms with Crippen LogP contribution in [0.5, 0.6) is 0 Å². The Morgan fingerprint density at radius 3 is 2.42 bits per heavy atom. The van der Waals surface area contributed by atoms with Crippen molar-refractivity contribution in [2.45, 2.75) is 26.8 Å². The molecule has 0 atom stereocenters. The van der Waals surface area contributed by atoms with Crippen LogP contribution in [0.25, 0.3) is 0 Å². The van der Waals surface area contributed by atoms with Gasteiger partial charge in [-0.1, -0.05) is 32.4 Å². The molecule has 0 heterocycles. The number of amides is 1. The molecule has 0 aliphatic rings. The Morgan fingerprint density at radius 2 is 1.89 bits per heavy atom. The molecule has 6 nitrogen and oxygen atoms in total. The van der Waals surface area contributed by atoms with Crippen LogP contribution in [0.4, 0.5) is 0 Å². The average Bonchev–Trinajstić information content (AvgIpc) is 2.39. The Bertz CT molecular complexity index is 407. The van der Waals surface area contributed by atoms with E-state index >= 15 is 0 Å². The highest BCUT2D eigenvalue weighted by molar-refractivity contribution is 5.87. The lowest BCUT2D eigenvalue weighted by atomic mass is 10.1. The van der Waals surface area contributed by atoms with E-state index in [-0.39, 0.29) is 12.1 Å². The zero-order chi connectivity index (χ0) is 14.7. The number of hydroxylamine groups is 1. The molecular formula is C13H20N2O4. The molecule has 1 rings (SSSR count). The number of aromatic carboxylic acids is 1. The summed E-state index contributed by atoms with van der Waals surface area (Å²) in [4.78, 5) is 21.3. The standard InChI is InChI=1S/C10H12N2O4.C3H8/c13-9(12-16)6-11-5-7-2-1-3-8(4-7)10(14)15;1-3-2/h1-4,11,16H,5-6H2,(H,12,13)(H,14,15);3H2,1-2H3. The maximum absolute atomic E-state index is 10.7. The van der Waals surface area contributed by atoms with Crippen LogP contribution in [-0.2, 0) is 11.3 Å². The molecule has 0 bridgehead atoms. The fourth-order valence-electron chi connectivity index (χ4n) is 1.17. The number of carboxylic acid groups (broad SMARTS) is 1. The zero-order valence-electron chi connectivity index (χ0n) is 11.1. The molecule has 0 saturated carbocycles. The molecule has 106 valence electrons. The molecule has 1 aromatic rings. The van der Waals surface area contributed by atoms with Gasteiger partial charge in [-0.05, 0) is 17.7 Å². The van der Waals surface area contributed by atoms with Crippen molar-refractivity contribution in [3.05, 3.63) is 35.4 Å². The number of hydrogen-bond acceptors (Lipinski definition) is 4. The second kappa shape index (κ2) is 10.0. The summed E-state index contributed by atoms with van der Waals surface area (Å²) in [6, 6.07) is 6.39. The maximum Gasteiger partial charge on any atom is 0.335 e. The molecular weight excluding hydrogens is 248 g/mol. The van der Waals surface area contributed by atoms with E-state index in [1.54, 1.807) is 12.1 Å². The minimum absolute atomic E-state index is 0.0339. The molecule has 0 saturated heterocycles. The normalized spacial score (nSPS) is 9.21. The Labute approximate surface area is 112 Å². The second-order valence-corrected chi connectivity index (χ2v) is 3.85. The molecule has 1 amide bonds. The van der Waals surface area contributed by atoms with Crippen LogP contribution in [-0.4, -0.2) is 28.7 Å². The molecule has 4 N–H and O–H groups in total. The van der Waals surface area contributed by atoms with E-state index in [1.807, 2.05) is 0 Å². The number of carbonyl (C=O) groups is 2. The predicted octanol–water partition coefficient (Wildman–Crippen LogP) is 1.40. The van der Waals surface area contributed by atoms with Crippen molar-refractivity contribution in [2.75, 3.05) is 6.54 Å². The summed E-state index contributed by atoms with van der Waals surface area (Å²) in [5.74, 6) is -1.54. The van der Waals surface area contributed by atoms with Crippen molar-refractivity contribution < 1.29 is 19.9 Å². The lowest BCUT2D eigenvalue weighted by Gasteiger charge is -2.04. The van der Waals surface area contributed by atoms with Crippen molar-refractivity contribution >= 4 is 11.9 Å². The molecule has 0 spiro atoms. The van der Waals surface area contributed by atoms with Gasteiger partial charge in [0.25, 0.3) is 5.91 Å². The lowest BCUT2D eigenvalue weighted by Crippen LogP contribution is -2.31. The van der Waals surface area contributed by atoms with Crippen LogP contribution in [0.15, 0.2) is 24.3 Å². The van der Waals surface area contributed by atoms with Crippen molar-refractivity contribution in [2.24, 2.45) is 0 Å². The lowest BCUT2D eigenvalue weighted by molar-refractivity contribution is -0.128.